The summed E-state index contributed by atoms with van der Waals surface area (Å²) in [6, 6.07) is 9.67. The highest BCUT2D eigenvalue weighted by molar-refractivity contribution is 14.0. The number of benzene rings is 1. The van der Waals surface area contributed by atoms with E-state index >= 15 is 0 Å². The Hall–Kier alpha value is -0.860. The summed E-state index contributed by atoms with van der Waals surface area (Å²) < 4.78 is 5.68. The van der Waals surface area contributed by atoms with Crippen LogP contribution in [0.1, 0.15) is 57.1 Å². The Balaban J connectivity index is 0.00000280. The lowest BCUT2D eigenvalue weighted by atomic mass is 10.0. The molecule has 2 N–H and O–H groups in total. The van der Waals surface area contributed by atoms with Crippen molar-refractivity contribution in [1.82, 2.24) is 15.5 Å². The Morgan fingerprint density at radius 3 is 2.57 bits per heavy atom. The van der Waals surface area contributed by atoms with Crippen LogP contribution in [-0.2, 0) is 17.8 Å². The Bertz CT molecular complexity index is 587. The number of guanidine groups is 1. The van der Waals surface area contributed by atoms with Gasteiger partial charge in [0, 0.05) is 32.3 Å². The minimum atomic E-state index is 0. The van der Waals surface area contributed by atoms with E-state index < -0.39 is 0 Å². The number of hydrogen-bond acceptors (Lipinski definition) is 3. The number of nitrogens with one attached hydrogen (secondary N) is 2. The standard InChI is InChI=1S/C22H36N4O.HI/c1-3-23-22(25-16-21-8-6-14-27-21)24-15-19-9-11-20(12-10-19)17-26-13-5-4-7-18(26)2;/h9-12,18,21H,3-8,13-17H2,1-2H3,(H2,23,24,25);1H. The van der Waals surface area contributed by atoms with Crippen molar-refractivity contribution in [3.8, 4) is 0 Å². The monoisotopic (exact) mass is 500 g/mol. The molecule has 0 aromatic heterocycles. The summed E-state index contributed by atoms with van der Waals surface area (Å²) in [5, 5.41) is 6.73. The summed E-state index contributed by atoms with van der Waals surface area (Å²) in [6.07, 6.45) is 6.68. The number of ether oxygens (including phenoxy) is 1. The normalized spacial score (nSPS) is 23.3. The van der Waals surface area contributed by atoms with E-state index in [-0.39, 0.29) is 24.0 Å². The lowest BCUT2D eigenvalue weighted by molar-refractivity contribution is 0.114. The first-order valence-corrected chi connectivity index (χ1v) is 10.7. The molecular weight excluding hydrogens is 463 g/mol. The van der Waals surface area contributed by atoms with Gasteiger partial charge >= 0.3 is 0 Å². The van der Waals surface area contributed by atoms with Crippen LogP contribution < -0.4 is 10.6 Å². The van der Waals surface area contributed by atoms with Crippen LogP contribution in [0.2, 0.25) is 0 Å². The molecule has 158 valence electrons. The van der Waals surface area contributed by atoms with Gasteiger partial charge in [-0.05, 0) is 57.2 Å². The van der Waals surface area contributed by atoms with Crippen LogP contribution in [0.15, 0.2) is 29.3 Å². The Kier molecular flexibility index (Phi) is 10.6. The first-order valence-electron chi connectivity index (χ1n) is 10.7. The molecule has 2 atom stereocenters. The predicted octanol–water partition coefficient (Wildman–Crippen LogP) is 3.91. The van der Waals surface area contributed by atoms with E-state index in [0.29, 0.717) is 18.7 Å². The zero-order chi connectivity index (χ0) is 18.9. The first kappa shape index (κ1) is 23.4. The maximum Gasteiger partial charge on any atom is 0.191 e. The smallest absolute Gasteiger partial charge is 0.191 e. The third kappa shape index (κ3) is 7.52. The van der Waals surface area contributed by atoms with Crippen molar-refractivity contribution in [2.24, 2.45) is 4.99 Å². The highest BCUT2D eigenvalue weighted by Crippen LogP contribution is 2.19. The minimum Gasteiger partial charge on any atom is -0.376 e. The van der Waals surface area contributed by atoms with Crippen molar-refractivity contribution in [1.29, 1.82) is 0 Å². The molecular formula is C22H37IN4O. The molecule has 0 radical (unpaired) electrons. The van der Waals surface area contributed by atoms with E-state index in [4.69, 9.17) is 9.73 Å². The second-order valence-electron chi connectivity index (χ2n) is 7.84. The van der Waals surface area contributed by atoms with Gasteiger partial charge in [0.2, 0.25) is 0 Å². The van der Waals surface area contributed by atoms with Gasteiger partial charge in [0.25, 0.3) is 0 Å². The molecule has 2 aliphatic rings. The van der Waals surface area contributed by atoms with Crippen molar-refractivity contribution in [3.05, 3.63) is 35.4 Å². The van der Waals surface area contributed by atoms with Crippen LogP contribution in [0.4, 0.5) is 0 Å². The number of hydrogen-bond donors (Lipinski definition) is 2. The van der Waals surface area contributed by atoms with Crippen LogP contribution in [0.25, 0.3) is 0 Å². The van der Waals surface area contributed by atoms with Crippen LogP contribution in [-0.4, -0.2) is 49.2 Å². The second-order valence-corrected chi connectivity index (χ2v) is 7.84. The zero-order valence-electron chi connectivity index (χ0n) is 17.5. The maximum atomic E-state index is 5.68. The molecule has 0 spiro atoms. The van der Waals surface area contributed by atoms with Gasteiger partial charge in [0.1, 0.15) is 0 Å². The predicted molar refractivity (Wildman–Crippen MR) is 127 cm³/mol. The van der Waals surface area contributed by atoms with E-state index in [2.05, 4.69) is 53.6 Å². The van der Waals surface area contributed by atoms with Crippen molar-refractivity contribution >= 4 is 29.9 Å². The third-order valence-corrected chi connectivity index (χ3v) is 5.63. The lowest BCUT2D eigenvalue weighted by Crippen LogP contribution is -2.41. The molecule has 1 aromatic rings. The van der Waals surface area contributed by atoms with Gasteiger partial charge in [-0.1, -0.05) is 30.7 Å². The molecule has 3 rings (SSSR count). The van der Waals surface area contributed by atoms with Crippen molar-refractivity contribution in [2.75, 3.05) is 26.2 Å². The van der Waals surface area contributed by atoms with E-state index in [1.54, 1.807) is 0 Å². The molecule has 1 aromatic carbocycles. The summed E-state index contributed by atoms with van der Waals surface area (Å²) in [5.41, 5.74) is 2.65. The third-order valence-electron chi connectivity index (χ3n) is 5.63. The molecule has 2 saturated heterocycles. The Labute approximate surface area is 187 Å². The molecule has 28 heavy (non-hydrogen) atoms. The molecule has 2 unspecified atom stereocenters. The summed E-state index contributed by atoms with van der Waals surface area (Å²) in [5.74, 6) is 0.874. The van der Waals surface area contributed by atoms with Crippen molar-refractivity contribution in [2.45, 2.75) is 71.2 Å². The largest absolute Gasteiger partial charge is 0.376 e. The lowest BCUT2D eigenvalue weighted by Gasteiger charge is -2.33. The number of nitrogens with zero attached hydrogens (tertiary/aromatic N) is 2. The first-order chi connectivity index (χ1) is 13.2. The number of piperidine rings is 1. The maximum absolute atomic E-state index is 5.68. The molecule has 0 saturated carbocycles. The average molecular weight is 500 g/mol. The van der Waals surface area contributed by atoms with Crippen LogP contribution >= 0.6 is 24.0 Å². The molecule has 2 aliphatic heterocycles. The number of likely N-dealkylation sites (tertiary alicyclic amines) is 1. The van der Waals surface area contributed by atoms with Gasteiger partial charge in [-0.25, -0.2) is 4.99 Å². The van der Waals surface area contributed by atoms with Crippen LogP contribution in [0.3, 0.4) is 0 Å². The van der Waals surface area contributed by atoms with E-state index in [1.807, 2.05) is 0 Å². The fourth-order valence-corrected chi connectivity index (χ4v) is 3.91. The van der Waals surface area contributed by atoms with Crippen molar-refractivity contribution in [3.63, 3.8) is 0 Å². The van der Waals surface area contributed by atoms with Gasteiger partial charge in [-0.15, -0.1) is 24.0 Å². The topological polar surface area (TPSA) is 48.9 Å². The highest BCUT2D eigenvalue weighted by atomic mass is 127. The van der Waals surface area contributed by atoms with Gasteiger partial charge in [-0.3, -0.25) is 4.90 Å². The Morgan fingerprint density at radius 1 is 1.11 bits per heavy atom. The zero-order valence-corrected chi connectivity index (χ0v) is 19.8. The number of aliphatic imine (C=N–C) groups is 1. The molecule has 0 amide bonds. The second kappa shape index (κ2) is 12.6. The number of rotatable bonds is 7. The highest BCUT2D eigenvalue weighted by Gasteiger charge is 2.18. The quantitative estimate of drug-likeness (QED) is 0.339. The Morgan fingerprint density at radius 2 is 1.89 bits per heavy atom. The van der Waals surface area contributed by atoms with Crippen molar-refractivity contribution < 1.29 is 4.74 Å². The van der Waals surface area contributed by atoms with E-state index in [9.17, 15) is 0 Å². The van der Waals surface area contributed by atoms with E-state index in [1.165, 1.54) is 43.4 Å². The summed E-state index contributed by atoms with van der Waals surface area (Å²) in [4.78, 5) is 7.34. The molecule has 6 heteroatoms. The molecule has 5 nitrogen and oxygen atoms in total. The fraction of sp³-hybridized carbons (Fsp3) is 0.682. The molecule has 0 bridgehead atoms. The molecule has 2 heterocycles. The van der Waals surface area contributed by atoms with Crippen LogP contribution in [0, 0.1) is 0 Å². The minimum absolute atomic E-state index is 0. The van der Waals surface area contributed by atoms with Gasteiger partial charge in [0.15, 0.2) is 5.96 Å². The van der Waals surface area contributed by atoms with Crippen LogP contribution in [0.5, 0.6) is 0 Å². The van der Waals surface area contributed by atoms with Gasteiger partial charge in [-0.2, -0.15) is 0 Å². The molecule has 2 fully saturated rings. The van der Waals surface area contributed by atoms with Gasteiger partial charge in [0.05, 0.1) is 12.6 Å². The summed E-state index contributed by atoms with van der Waals surface area (Å²) in [6.45, 7) is 10.0. The SMILES string of the molecule is CCNC(=NCc1ccc(CN2CCCCC2C)cc1)NCC1CCCO1.I. The summed E-state index contributed by atoms with van der Waals surface area (Å²) in [7, 11) is 0. The average Bonchev–Trinajstić information content (AvgIpc) is 3.21. The fourth-order valence-electron chi connectivity index (χ4n) is 3.91. The summed E-state index contributed by atoms with van der Waals surface area (Å²) >= 11 is 0. The van der Waals surface area contributed by atoms with E-state index in [0.717, 1.165) is 38.6 Å². The molecule has 0 aliphatic carbocycles. The van der Waals surface area contributed by atoms with Gasteiger partial charge < -0.3 is 15.4 Å². The number of halogens is 1.